The Morgan fingerprint density at radius 1 is 0.818 bits per heavy atom. The second-order valence-electron chi connectivity index (χ2n) is 5.09. The molecule has 0 N–H and O–H groups in total. The molecule has 0 atom stereocenters. The molecule has 0 saturated heterocycles. The normalized spacial score (nSPS) is 10.4. The van der Waals surface area contributed by atoms with E-state index in [1.807, 2.05) is 26.8 Å². The summed E-state index contributed by atoms with van der Waals surface area (Å²) in [5.41, 5.74) is 0.575. The van der Waals surface area contributed by atoms with Crippen molar-refractivity contribution >= 4 is 5.78 Å². The predicted octanol–water partition coefficient (Wildman–Crippen LogP) is 4.65. The van der Waals surface area contributed by atoms with Gasteiger partial charge < -0.3 is 14.2 Å². The van der Waals surface area contributed by atoms with Gasteiger partial charge in [0, 0.05) is 6.42 Å². The van der Waals surface area contributed by atoms with E-state index in [1.54, 1.807) is 6.07 Å². The molecule has 0 aromatic heterocycles. The van der Waals surface area contributed by atoms with Crippen molar-refractivity contribution in [2.75, 3.05) is 19.8 Å². The highest BCUT2D eigenvalue weighted by Gasteiger charge is 2.21. The Kier molecular flexibility index (Phi) is 8.41. The molecule has 0 heterocycles. The molecular weight excluding hydrogens is 280 g/mol. The van der Waals surface area contributed by atoms with Crippen LogP contribution in [0.3, 0.4) is 0 Å². The molecule has 124 valence electrons. The molecule has 0 aliphatic heterocycles. The molecule has 1 aromatic rings. The molecule has 0 bridgehead atoms. The summed E-state index contributed by atoms with van der Waals surface area (Å²) in [5.74, 6) is 1.78. The highest BCUT2D eigenvalue weighted by Crippen LogP contribution is 2.41. The standard InChI is InChI=1S/C18H28O4/c1-5-11-20-16-10-9-14(15(19)8-4)17(21-12-6-2)18(16)22-13-7-3/h9-10H,5-8,11-13H2,1-4H3. The van der Waals surface area contributed by atoms with Gasteiger partial charge in [0.15, 0.2) is 17.3 Å². The average Bonchev–Trinajstić information content (AvgIpc) is 2.55. The highest BCUT2D eigenvalue weighted by atomic mass is 16.5. The summed E-state index contributed by atoms with van der Waals surface area (Å²) >= 11 is 0. The average molecular weight is 308 g/mol. The Hall–Kier alpha value is -1.71. The topological polar surface area (TPSA) is 44.8 Å². The molecule has 4 heteroatoms. The second-order valence-corrected chi connectivity index (χ2v) is 5.09. The fourth-order valence-corrected chi connectivity index (χ4v) is 1.97. The molecule has 0 unspecified atom stereocenters. The lowest BCUT2D eigenvalue weighted by atomic mass is 10.1. The quantitative estimate of drug-likeness (QED) is 0.558. The third kappa shape index (κ3) is 4.93. The third-order valence-electron chi connectivity index (χ3n) is 3.06. The molecule has 0 radical (unpaired) electrons. The SMILES string of the molecule is CCCOc1ccc(C(=O)CC)c(OCCC)c1OCCC. The van der Waals surface area contributed by atoms with Crippen LogP contribution in [0.15, 0.2) is 12.1 Å². The van der Waals surface area contributed by atoms with Gasteiger partial charge in [-0.15, -0.1) is 0 Å². The van der Waals surface area contributed by atoms with Crippen LogP contribution < -0.4 is 14.2 Å². The van der Waals surface area contributed by atoms with Gasteiger partial charge in [-0.3, -0.25) is 4.79 Å². The zero-order valence-electron chi connectivity index (χ0n) is 14.2. The van der Waals surface area contributed by atoms with Crippen LogP contribution >= 0.6 is 0 Å². The van der Waals surface area contributed by atoms with Crippen LogP contribution in [0.4, 0.5) is 0 Å². The number of hydrogen-bond donors (Lipinski definition) is 0. The van der Waals surface area contributed by atoms with Crippen molar-refractivity contribution in [2.24, 2.45) is 0 Å². The minimum Gasteiger partial charge on any atom is -0.490 e. The summed E-state index contributed by atoms with van der Waals surface area (Å²) in [4.78, 5) is 12.2. The van der Waals surface area contributed by atoms with Gasteiger partial charge in [0.2, 0.25) is 5.75 Å². The zero-order chi connectivity index (χ0) is 16.4. The lowest BCUT2D eigenvalue weighted by Gasteiger charge is -2.19. The van der Waals surface area contributed by atoms with Crippen LogP contribution in [-0.4, -0.2) is 25.6 Å². The van der Waals surface area contributed by atoms with Crippen LogP contribution in [0.1, 0.15) is 63.7 Å². The van der Waals surface area contributed by atoms with E-state index >= 15 is 0 Å². The number of rotatable bonds is 11. The maximum atomic E-state index is 12.2. The Morgan fingerprint density at radius 3 is 1.91 bits per heavy atom. The van der Waals surface area contributed by atoms with E-state index in [2.05, 4.69) is 6.92 Å². The Bertz CT molecular complexity index is 468. The van der Waals surface area contributed by atoms with E-state index in [0.717, 1.165) is 19.3 Å². The monoisotopic (exact) mass is 308 g/mol. The van der Waals surface area contributed by atoms with Crippen molar-refractivity contribution in [2.45, 2.75) is 53.4 Å². The minimum atomic E-state index is 0.0505. The van der Waals surface area contributed by atoms with Gasteiger partial charge in [-0.2, -0.15) is 0 Å². The maximum Gasteiger partial charge on any atom is 0.204 e. The molecule has 0 amide bonds. The van der Waals surface area contributed by atoms with Crippen molar-refractivity contribution in [3.8, 4) is 17.2 Å². The Balaban J connectivity index is 3.26. The van der Waals surface area contributed by atoms with E-state index in [4.69, 9.17) is 14.2 Å². The van der Waals surface area contributed by atoms with Gasteiger partial charge in [0.25, 0.3) is 0 Å². The molecular formula is C18H28O4. The second kappa shape index (κ2) is 10.1. The fraction of sp³-hybridized carbons (Fsp3) is 0.611. The highest BCUT2D eigenvalue weighted by molar-refractivity contribution is 5.99. The molecule has 0 aliphatic carbocycles. The van der Waals surface area contributed by atoms with Crippen molar-refractivity contribution in [1.82, 2.24) is 0 Å². The minimum absolute atomic E-state index is 0.0505. The van der Waals surface area contributed by atoms with Crippen LogP contribution in [-0.2, 0) is 0 Å². The van der Waals surface area contributed by atoms with Crippen molar-refractivity contribution in [1.29, 1.82) is 0 Å². The van der Waals surface area contributed by atoms with Gasteiger partial charge in [-0.25, -0.2) is 0 Å². The number of Topliss-reactive ketones (excluding diaryl/α,β-unsaturated/α-hetero) is 1. The summed E-state index contributed by atoms with van der Waals surface area (Å²) in [6.45, 7) is 9.69. The van der Waals surface area contributed by atoms with Crippen molar-refractivity contribution < 1.29 is 19.0 Å². The molecule has 1 aromatic carbocycles. The van der Waals surface area contributed by atoms with E-state index in [0.29, 0.717) is 49.1 Å². The summed E-state index contributed by atoms with van der Waals surface area (Å²) in [5, 5.41) is 0. The molecule has 0 spiro atoms. The number of carbonyl (C=O) groups excluding carboxylic acids is 1. The first kappa shape index (κ1) is 18.3. The Morgan fingerprint density at radius 2 is 1.36 bits per heavy atom. The van der Waals surface area contributed by atoms with Gasteiger partial charge >= 0.3 is 0 Å². The third-order valence-corrected chi connectivity index (χ3v) is 3.06. The molecule has 4 nitrogen and oxygen atoms in total. The molecule has 22 heavy (non-hydrogen) atoms. The Labute approximate surface area is 133 Å². The zero-order valence-corrected chi connectivity index (χ0v) is 14.2. The van der Waals surface area contributed by atoms with Crippen molar-refractivity contribution in [3.63, 3.8) is 0 Å². The number of ether oxygens (including phenoxy) is 3. The molecule has 0 fully saturated rings. The molecule has 0 saturated carbocycles. The van der Waals surface area contributed by atoms with E-state index in [-0.39, 0.29) is 5.78 Å². The number of carbonyl (C=O) groups is 1. The lowest BCUT2D eigenvalue weighted by molar-refractivity contribution is 0.0983. The van der Waals surface area contributed by atoms with Crippen LogP contribution in [0.25, 0.3) is 0 Å². The van der Waals surface area contributed by atoms with E-state index in [9.17, 15) is 4.79 Å². The van der Waals surface area contributed by atoms with Gasteiger partial charge in [-0.1, -0.05) is 27.7 Å². The van der Waals surface area contributed by atoms with Crippen LogP contribution in [0.5, 0.6) is 17.2 Å². The van der Waals surface area contributed by atoms with Crippen molar-refractivity contribution in [3.05, 3.63) is 17.7 Å². The first-order chi connectivity index (χ1) is 10.7. The summed E-state index contributed by atoms with van der Waals surface area (Å²) in [6.07, 6.45) is 3.10. The van der Waals surface area contributed by atoms with Gasteiger partial charge in [-0.05, 0) is 31.4 Å². The molecule has 1 rings (SSSR count). The van der Waals surface area contributed by atoms with E-state index < -0.39 is 0 Å². The first-order valence-electron chi connectivity index (χ1n) is 8.28. The number of hydrogen-bond acceptors (Lipinski definition) is 4. The van der Waals surface area contributed by atoms with Crippen LogP contribution in [0, 0.1) is 0 Å². The first-order valence-corrected chi connectivity index (χ1v) is 8.28. The van der Waals surface area contributed by atoms with E-state index in [1.165, 1.54) is 0 Å². The number of benzene rings is 1. The van der Waals surface area contributed by atoms with Gasteiger partial charge in [0.05, 0.1) is 25.4 Å². The summed E-state index contributed by atoms with van der Waals surface area (Å²) < 4.78 is 17.4. The largest absolute Gasteiger partial charge is 0.490 e. The maximum absolute atomic E-state index is 12.2. The van der Waals surface area contributed by atoms with Crippen LogP contribution in [0.2, 0.25) is 0 Å². The predicted molar refractivity (Wildman–Crippen MR) is 88.4 cm³/mol. The fourth-order valence-electron chi connectivity index (χ4n) is 1.97. The number of ketones is 1. The van der Waals surface area contributed by atoms with Gasteiger partial charge in [0.1, 0.15) is 0 Å². The summed E-state index contributed by atoms with van der Waals surface area (Å²) in [7, 11) is 0. The summed E-state index contributed by atoms with van der Waals surface area (Å²) in [6, 6.07) is 3.59. The lowest BCUT2D eigenvalue weighted by Crippen LogP contribution is -2.09. The smallest absolute Gasteiger partial charge is 0.204 e. The molecule has 0 aliphatic rings.